The molecule has 0 aliphatic carbocycles. The number of nitrogens with zero attached hydrogens (tertiary/aromatic N) is 3. The van der Waals surface area contributed by atoms with Crippen molar-refractivity contribution in [1.82, 2.24) is 15.0 Å². The smallest absolute Gasteiger partial charge is 0.164 e. The Morgan fingerprint density at radius 1 is 0.321 bits per heavy atom. The lowest BCUT2D eigenvalue weighted by Gasteiger charge is -2.09. The van der Waals surface area contributed by atoms with E-state index in [1.165, 1.54) is 48.0 Å². The molecule has 0 aliphatic rings. The Balaban J connectivity index is 0.955. The minimum Gasteiger partial charge on any atom is -0.456 e. The first kappa shape index (κ1) is 32.2. The summed E-state index contributed by atoms with van der Waals surface area (Å²) in [6.45, 7) is 0. The number of fused-ring (bicyclic) bond motifs is 6. The van der Waals surface area contributed by atoms with Gasteiger partial charge in [-0.2, -0.15) is 0 Å². The molecule has 11 rings (SSSR count). The van der Waals surface area contributed by atoms with Crippen LogP contribution in [0.25, 0.3) is 110 Å². The highest BCUT2D eigenvalue weighted by atomic mass is 32.1. The average Bonchev–Trinajstić information content (AvgIpc) is 3.85. The third-order valence-corrected chi connectivity index (χ3v) is 11.8. The molecule has 0 unspecified atom stereocenters. The summed E-state index contributed by atoms with van der Waals surface area (Å²) in [5.74, 6) is 1.88. The van der Waals surface area contributed by atoms with Gasteiger partial charge in [-0.25, -0.2) is 15.0 Å². The molecule has 0 spiro atoms. The molecule has 0 atom stereocenters. The quantitative estimate of drug-likeness (QED) is 0.171. The molecule has 0 amide bonds. The van der Waals surface area contributed by atoms with Crippen molar-refractivity contribution in [2.24, 2.45) is 0 Å². The first-order valence-electron chi connectivity index (χ1n) is 18.7. The van der Waals surface area contributed by atoms with E-state index in [0.717, 1.165) is 44.2 Å². The van der Waals surface area contributed by atoms with Gasteiger partial charge in [0.05, 0.1) is 0 Å². The summed E-state index contributed by atoms with van der Waals surface area (Å²) < 4.78 is 8.67. The highest BCUT2D eigenvalue weighted by Gasteiger charge is 2.16. The van der Waals surface area contributed by atoms with Crippen LogP contribution in [0.1, 0.15) is 0 Å². The second kappa shape index (κ2) is 13.3. The zero-order valence-corrected chi connectivity index (χ0v) is 30.9. The zero-order chi connectivity index (χ0) is 37.0. The molecule has 0 N–H and O–H groups in total. The van der Waals surface area contributed by atoms with E-state index in [4.69, 9.17) is 19.4 Å². The van der Waals surface area contributed by atoms with Crippen molar-refractivity contribution in [3.05, 3.63) is 188 Å². The molecule has 0 bridgehead atoms. The normalized spacial score (nSPS) is 11.6. The van der Waals surface area contributed by atoms with Crippen molar-refractivity contribution in [1.29, 1.82) is 0 Å². The largest absolute Gasteiger partial charge is 0.456 e. The molecule has 11 aromatic rings. The fourth-order valence-electron chi connectivity index (χ4n) is 7.71. The lowest BCUT2D eigenvalue weighted by molar-refractivity contribution is 0.669. The molecule has 0 fully saturated rings. The molecule has 262 valence electrons. The SMILES string of the molecule is c1ccc(-c2ccc(-c3ccc4sc5c(-c6ccc(-c7nc(-c8ccccc8)nc(-c8ccc9oc%10ccccc%10c9c8)n7)cc6)cccc5c4c3)cc2)cc1. The van der Waals surface area contributed by atoms with Gasteiger partial charge in [0.15, 0.2) is 17.5 Å². The standard InChI is InChI=1S/C51H31N3OS/c1-3-10-32(11-4-1)33-18-20-34(21-19-33)38-27-29-47-44(30-38)42-16-9-15-40(48(42)56-47)35-22-24-37(25-23-35)50-52-49(36-12-5-2-6-13-36)53-51(54-50)39-26-28-46-43(31-39)41-14-7-8-17-45(41)55-46/h1-31H. The number of hydrogen-bond acceptors (Lipinski definition) is 5. The average molecular weight is 734 g/mol. The first-order chi connectivity index (χ1) is 27.7. The van der Waals surface area contributed by atoms with Gasteiger partial charge in [-0.1, -0.05) is 152 Å². The van der Waals surface area contributed by atoms with E-state index in [-0.39, 0.29) is 0 Å². The van der Waals surface area contributed by atoms with Crippen molar-refractivity contribution in [3.8, 4) is 67.5 Å². The third kappa shape index (κ3) is 5.65. The Hall–Kier alpha value is -7.21. The molecule has 0 saturated carbocycles. The van der Waals surface area contributed by atoms with Crippen LogP contribution in [-0.2, 0) is 0 Å². The Kier molecular flexibility index (Phi) is 7.64. The molecule has 0 saturated heterocycles. The van der Waals surface area contributed by atoms with Crippen LogP contribution in [0.3, 0.4) is 0 Å². The lowest BCUT2D eigenvalue weighted by atomic mass is 9.98. The lowest BCUT2D eigenvalue weighted by Crippen LogP contribution is -2.00. The van der Waals surface area contributed by atoms with Crippen LogP contribution in [0.4, 0.5) is 0 Å². The van der Waals surface area contributed by atoms with Gasteiger partial charge in [0.2, 0.25) is 0 Å². The van der Waals surface area contributed by atoms with Crippen LogP contribution >= 0.6 is 11.3 Å². The highest BCUT2D eigenvalue weighted by molar-refractivity contribution is 7.26. The van der Waals surface area contributed by atoms with Crippen LogP contribution in [-0.4, -0.2) is 15.0 Å². The fourth-order valence-corrected chi connectivity index (χ4v) is 8.92. The van der Waals surface area contributed by atoms with Crippen molar-refractivity contribution < 1.29 is 4.42 Å². The summed E-state index contributed by atoms with van der Waals surface area (Å²) in [7, 11) is 0. The summed E-state index contributed by atoms with van der Waals surface area (Å²) in [5, 5.41) is 4.66. The molecular weight excluding hydrogens is 703 g/mol. The van der Waals surface area contributed by atoms with Gasteiger partial charge >= 0.3 is 0 Å². The number of para-hydroxylation sites is 1. The van der Waals surface area contributed by atoms with E-state index in [2.05, 4.69) is 127 Å². The van der Waals surface area contributed by atoms with Crippen LogP contribution in [0.5, 0.6) is 0 Å². The van der Waals surface area contributed by atoms with Gasteiger partial charge in [0.1, 0.15) is 11.2 Å². The Labute approximate surface area is 327 Å². The maximum absolute atomic E-state index is 6.11. The van der Waals surface area contributed by atoms with Gasteiger partial charge in [-0.15, -0.1) is 11.3 Å². The monoisotopic (exact) mass is 733 g/mol. The van der Waals surface area contributed by atoms with Crippen LogP contribution in [0, 0.1) is 0 Å². The molecular formula is C51H31N3OS. The molecule has 3 aromatic heterocycles. The van der Waals surface area contributed by atoms with Gasteiger partial charge in [0.25, 0.3) is 0 Å². The molecule has 4 nitrogen and oxygen atoms in total. The predicted molar refractivity (Wildman–Crippen MR) is 233 cm³/mol. The summed E-state index contributed by atoms with van der Waals surface area (Å²) in [4.78, 5) is 15.0. The summed E-state index contributed by atoms with van der Waals surface area (Å²) in [6.07, 6.45) is 0. The third-order valence-electron chi connectivity index (χ3n) is 10.6. The molecule has 5 heteroatoms. The van der Waals surface area contributed by atoms with Gasteiger partial charge in [-0.3, -0.25) is 0 Å². The number of benzene rings is 8. The second-order valence-electron chi connectivity index (χ2n) is 14.0. The highest BCUT2D eigenvalue weighted by Crippen LogP contribution is 2.42. The molecule has 8 aromatic carbocycles. The van der Waals surface area contributed by atoms with Crippen molar-refractivity contribution in [2.45, 2.75) is 0 Å². The molecule has 56 heavy (non-hydrogen) atoms. The minimum absolute atomic E-state index is 0.617. The number of rotatable bonds is 6. The predicted octanol–water partition coefficient (Wildman–Crippen LogP) is 14.1. The fraction of sp³-hybridized carbons (Fsp3) is 0. The molecule has 0 radical (unpaired) electrons. The van der Waals surface area contributed by atoms with Crippen molar-refractivity contribution >= 4 is 53.4 Å². The maximum atomic E-state index is 6.11. The van der Waals surface area contributed by atoms with Gasteiger partial charge in [0, 0.05) is 47.6 Å². The second-order valence-corrected chi connectivity index (χ2v) is 15.0. The summed E-state index contributed by atoms with van der Waals surface area (Å²) >= 11 is 1.85. The maximum Gasteiger partial charge on any atom is 0.164 e. The van der Waals surface area contributed by atoms with E-state index in [1.54, 1.807) is 0 Å². The van der Waals surface area contributed by atoms with E-state index < -0.39 is 0 Å². The van der Waals surface area contributed by atoms with Crippen molar-refractivity contribution in [3.63, 3.8) is 0 Å². The van der Waals surface area contributed by atoms with Gasteiger partial charge in [-0.05, 0) is 69.8 Å². The Morgan fingerprint density at radius 3 is 1.57 bits per heavy atom. The number of aromatic nitrogens is 3. The molecule has 3 heterocycles. The summed E-state index contributed by atoms with van der Waals surface area (Å²) in [6, 6.07) is 65.9. The minimum atomic E-state index is 0.617. The Bertz CT molecular complexity index is 3220. The van der Waals surface area contributed by atoms with E-state index in [0.29, 0.717) is 17.5 Å². The molecule has 0 aliphatic heterocycles. The number of thiophene rings is 1. The van der Waals surface area contributed by atoms with Crippen molar-refractivity contribution in [2.75, 3.05) is 0 Å². The number of hydrogen-bond donors (Lipinski definition) is 0. The Morgan fingerprint density at radius 2 is 0.821 bits per heavy atom. The van der Waals surface area contributed by atoms with E-state index in [9.17, 15) is 0 Å². The van der Waals surface area contributed by atoms with Crippen LogP contribution in [0.2, 0.25) is 0 Å². The summed E-state index contributed by atoms with van der Waals surface area (Å²) in [5.41, 5.74) is 11.7. The van der Waals surface area contributed by atoms with Crippen LogP contribution in [0.15, 0.2) is 192 Å². The topological polar surface area (TPSA) is 51.8 Å². The van der Waals surface area contributed by atoms with E-state index in [1.807, 2.05) is 72.0 Å². The van der Waals surface area contributed by atoms with E-state index >= 15 is 0 Å². The van der Waals surface area contributed by atoms with Gasteiger partial charge < -0.3 is 4.42 Å². The zero-order valence-electron chi connectivity index (χ0n) is 30.1. The number of furan rings is 1. The first-order valence-corrected chi connectivity index (χ1v) is 19.5. The van der Waals surface area contributed by atoms with Crippen LogP contribution < -0.4 is 0 Å².